The molecule has 0 atom stereocenters. The van der Waals surface area contributed by atoms with Crippen LogP contribution in [0, 0.1) is 0 Å². The summed E-state index contributed by atoms with van der Waals surface area (Å²) in [5, 5.41) is 0. The van der Waals surface area contributed by atoms with Crippen LogP contribution in [0.5, 0.6) is 0 Å². The zero-order chi connectivity index (χ0) is 13.9. The summed E-state index contributed by atoms with van der Waals surface area (Å²) in [7, 11) is 0. The summed E-state index contributed by atoms with van der Waals surface area (Å²) in [5.74, 6) is -0.154. The Labute approximate surface area is 124 Å². The summed E-state index contributed by atoms with van der Waals surface area (Å²) in [6.07, 6.45) is 3.26. The number of halogens is 1. The van der Waals surface area contributed by atoms with Crippen molar-refractivity contribution in [2.24, 2.45) is 4.99 Å². The minimum Gasteiger partial charge on any atom is -0.402 e. The molecule has 98 valence electrons. The minimum absolute atomic E-state index is 0.251. The van der Waals surface area contributed by atoms with Crippen LogP contribution in [0.15, 0.2) is 63.8 Å². The van der Waals surface area contributed by atoms with Gasteiger partial charge in [0.05, 0.1) is 5.69 Å². The van der Waals surface area contributed by atoms with Gasteiger partial charge in [-0.15, -0.1) is 0 Å². The van der Waals surface area contributed by atoms with Crippen LogP contribution >= 0.6 is 15.9 Å². The van der Waals surface area contributed by atoms with Gasteiger partial charge < -0.3 is 4.74 Å². The van der Waals surface area contributed by atoms with Crippen molar-refractivity contribution in [3.05, 3.63) is 70.1 Å². The smallest absolute Gasteiger partial charge is 0.363 e. The lowest BCUT2D eigenvalue weighted by Gasteiger charge is -1.98. The monoisotopic (exact) mass is 328 g/mol. The molecule has 0 bridgehead atoms. The number of hydrogen-bond donors (Lipinski definition) is 0. The average Bonchev–Trinajstić information content (AvgIpc) is 2.82. The Morgan fingerprint density at radius 2 is 1.90 bits per heavy atom. The summed E-state index contributed by atoms with van der Waals surface area (Å²) >= 11 is 3.35. The van der Waals surface area contributed by atoms with Crippen molar-refractivity contribution in [3.8, 4) is 0 Å². The van der Waals surface area contributed by atoms with Gasteiger partial charge in [-0.3, -0.25) is 4.98 Å². The molecular formula is C15H9BrN2O2. The number of pyridine rings is 1. The molecular weight excluding hydrogens is 320 g/mol. The van der Waals surface area contributed by atoms with Crippen molar-refractivity contribution in [1.82, 2.24) is 4.98 Å². The van der Waals surface area contributed by atoms with Crippen LogP contribution in [0.2, 0.25) is 0 Å². The molecule has 0 aliphatic carbocycles. The van der Waals surface area contributed by atoms with E-state index in [-0.39, 0.29) is 5.70 Å². The van der Waals surface area contributed by atoms with Gasteiger partial charge in [0.2, 0.25) is 5.90 Å². The molecule has 2 heterocycles. The summed E-state index contributed by atoms with van der Waals surface area (Å²) in [6, 6.07) is 12.9. The highest BCUT2D eigenvalue weighted by Crippen LogP contribution is 2.19. The molecule has 0 fully saturated rings. The Morgan fingerprint density at radius 1 is 1.10 bits per heavy atom. The van der Waals surface area contributed by atoms with Gasteiger partial charge in [0.15, 0.2) is 5.70 Å². The van der Waals surface area contributed by atoms with E-state index in [9.17, 15) is 4.79 Å². The number of nitrogens with zero attached hydrogens (tertiary/aromatic N) is 2. The fourth-order valence-corrected chi connectivity index (χ4v) is 1.99. The summed E-state index contributed by atoms with van der Waals surface area (Å²) in [5.41, 5.74) is 1.67. The van der Waals surface area contributed by atoms with E-state index in [0.717, 1.165) is 10.0 Å². The molecule has 4 nitrogen and oxygen atoms in total. The standard InChI is InChI=1S/C15H9BrN2O2/c16-11-6-4-10(5-7-11)14-18-13(15(19)20-14)9-12-3-1-2-8-17-12/h1-9H. The van der Waals surface area contributed by atoms with Gasteiger partial charge in [-0.25, -0.2) is 9.79 Å². The summed E-state index contributed by atoms with van der Waals surface area (Å²) < 4.78 is 6.13. The number of hydrogen-bond acceptors (Lipinski definition) is 4. The predicted molar refractivity (Wildman–Crippen MR) is 79.0 cm³/mol. The molecule has 0 radical (unpaired) electrons. The van der Waals surface area contributed by atoms with Crippen LogP contribution in [-0.2, 0) is 9.53 Å². The van der Waals surface area contributed by atoms with Crippen molar-refractivity contribution in [3.63, 3.8) is 0 Å². The molecule has 1 aromatic carbocycles. The van der Waals surface area contributed by atoms with Gasteiger partial charge in [-0.2, -0.15) is 0 Å². The number of aromatic nitrogens is 1. The third kappa shape index (κ3) is 2.67. The first-order chi connectivity index (χ1) is 9.72. The second-order valence-electron chi connectivity index (χ2n) is 4.10. The molecule has 2 aromatic rings. The Kier molecular flexibility index (Phi) is 3.43. The molecule has 3 rings (SSSR count). The van der Waals surface area contributed by atoms with Gasteiger partial charge in [-0.05, 0) is 42.5 Å². The number of carbonyl (C=O) groups excluding carboxylic acids is 1. The number of aliphatic imine (C=N–C) groups is 1. The lowest BCUT2D eigenvalue weighted by atomic mass is 10.2. The van der Waals surface area contributed by atoms with Crippen LogP contribution in [0.1, 0.15) is 11.3 Å². The number of rotatable bonds is 2. The molecule has 0 unspecified atom stereocenters. The maximum Gasteiger partial charge on any atom is 0.363 e. The van der Waals surface area contributed by atoms with Gasteiger partial charge in [0, 0.05) is 16.2 Å². The lowest BCUT2D eigenvalue weighted by Crippen LogP contribution is -2.05. The Hall–Kier alpha value is -2.27. The highest BCUT2D eigenvalue weighted by molar-refractivity contribution is 9.10. The van der Waals surface area contributed by atoms with Crippen LogP contribution in [0.4, 0.5) is 0 Å². The number of ether oxygens (including phenoxy) is 1. The van der Waals surface area contributed by atoms with Gasteiger partial charge >= 0.3 is 5.97 Å². The molecule has 0 saturated heterocycles. The lowest BCUT2D eigenvalue weighted by molar-refractivity contribution is -0.129. The third-order valence-corrected chi connectivity index (χ3v) is 3.21. The maximum atomic E-state index is 11.8. The molecule has 0 N–H and O–H groups in total. The van der Waals surface area contributed by atoms with E-state index in [4.69, 9.17) is 4.74 Å². The zero-order valence-corrected chi connectivity index (χ0v) is 11.9. The molecule has 1 aliphatic rings. The average molecular weight is 329 g/mol. The number of cyclic esters (lactones) is 1. The normalized spacial score (nSPS) is 16.1. The Balaban J connectivity index is 1.93. The van der Waals surface area contributed by atoms with E-state index in [1.54, 1.807) is 18.3 Å². The van der Waals surface area contributed by atoms with Gasteiger partial charge in [-0.1, -0.05) is 22.0 Å². The number of carbonyl (C=O) groups is 1. The van der Waals surface area contributed by atoms with Crippen molar-refractivity contribution in [2.75, 3.05) is 0 Å². The second kappa shape index (κ2) is 5.38. The number of esters is 1. The van der Waals surface area contributed by atoms with Crippen molar-refractivity contribution in [1.29, 1.82) is 0 Å². The topological polar surface area (TPSA) is 51.5 Å². The first-order valence-electron chi connectivity index (χ1n) is 5.92. The number of benzene rings is 1. The molecule has 0 amide bonds. The molecule has 1 aromatic heterocycles. The van der Waals surface area contributed by atoms with Crippen molar-refractivity contribution in [2.45, 2.75) is 0 Å². The highest BCUT2D eigenvalue weighted by Gasteiger charge is 2.24. The second-order valence-corrected chi connectivity index (χ2v) is 5.01. The van der Waals surface area contributed by atoms with E-state index >= 15 is 0 Å². The van der Waals surface area contributed by atoms with E-state index in [1.807, 2.05) is 36.4 Å². The van der Waals surface area contributed by atoms with Crippen LogP contribution in [0.25, 0.3) is 6.08 Å². The molecule has 1 aliphatic heterocycles. The fourth-order valence-electron chi connectivity index (χ4n) is 1.73. The SMILES string of the molecule is O=C1OC(c2ccc(Br)cc2)=NC1=Cc1ccccn1. The summed E-state index contributed by atoms with van der Waals surface area (Å²) in [6.45, 7) is 0. The minimum atomic E-state index is -0.464. The molecule has 5 heteroatoms. The Morgan fingerprint density at radius 3 is 2.60 bits per heavy atom. The first-order valence-corrected chi connectivity index (χ1v) is 6.71. The Bertz CT molecular complexity index is 706. The van der Waals surface area contributed by atoms with E-state index in [1.165, 1.54) is 0 Å². The highest BCUT2D eigenvalue weighted by atomic mass is 79.9. The summed E-state index contributed by atoms with van der Waals surface area (Å²) in [4.78, 5) is 20.1. The zero-order valence-electron chi connectivity index (χ0n) is 10.3. The van der Waals surface area contributed by atoms with Gasteiger partial charge in [0.25, 0.3) is 0 Å². The first kappa shape index (κ1) is 12.7. The predicted octanol–water partition coefficient (Wildman–Crippen LogP) is 3.19. The molecule has 0 spiro atoms. The van der Waals surface area contributed by atoms with E-state index in [0.29, 0.717) is 11.6 Å². The quantitative estimate of drug-likeness (QED) is 0.628. The van der Waals surface area contributed by atoms with Gasteiger partial charge in [0.1, 0.15) is 0 Å². The van der Waals surface area contributed by atoms with Crippen molar-refractivity contribution < 1.29 is 9.53 Å². The molecule has 20 heavy (non-hydrogen) atoms. The maximum absolute atomic E-state index is 11.8. The molecule has 0 saturated carbocycles. The van der Waals surface area contributed by atoms with Crippen LogP contribution < -0.4 is 0 Å². The van der Waals surface area contributed by atoms with Crippen molar-refractivity contribution >= 4 is 33.9 Å². The third-order valence-electron chi connectivity index (χ3n) is 2.68. The largest absolute Gasteiger partial charge is 0.402 e. The van der Waals surface area contributed by atoms with E-state index in [2.05, 4.69) is 25.9 Å². The fraction of sp³-hybridized carbons (Fsp3) is 0. The van der Waals surface area contributed by atoms with Crippen LogP contribution in [0.3, 0.4) is 0 Å². The van der Waals surface area contributed by atoms with E-state index < -0.39 is 5.97 Å². The van der Waals surface area contributed by atoms with Crippen LogP contribution in [-0.4, -0.2) is 16.9 Å².